The summed E-state index contributed by atoms with van der Waals surface area (Å²) in [6, 6.07) is 7.99. The van der Waals surface area contributed by atoms with E-state index in [-0.39, 0.29) is 35.5 Å². The fraction of sp³-hybridized carbons (Fsp3) is 0.632. The van der Waals surface area contributed by atoms with E-state index in [0.717, 1.165) is 31.2 Å². The first-order valence-corrected chi connectivity index (χ1v) is 8.51. The third kappa shape index (κ3) is 7.80. The van der Waals surface area contributed by atoms with Crippen LogP contribution < -0.4 is 0 Å². The first-order valence-electron chi connectivity index (χ1n) is 8.51. The Morgan fingerprint density at radius 3 is 2.18 bits per heavy atom. The second-order valence-electron chi connectivity index (χ2n) is 5.85. The molecule has 0 saturated carbocycles. The summed E-state index contributed by atoms with van der Waals surface area (Å²) in [7, 11) is 0. The number of hydrogen-bond donors (Lipinski definition) is 1. The molecule has 3 heteroatoms. The molecule has 0 radical (unpaired) electrons. The van der Waals surface area contributed by atoms with E-state index >= 15 is 0 Å². The molecule has 1 aromatic carbocycles. The Bertz CT molecular complexity index is 418. The summed E-state index contributed by atoms with van der Waals surface area (Å²) in [5, 5.41) is 9.52. The van der Waals surface area contributed by atoms with Crippen molar-refractivity contribution in [2.75, 3.05) is 0 Å². The molecule has 0 heterocycles. The van der Waals surface area contributed by atoms with Crippen LogP contribution in [0, 0.1) is 0 Å². The number of aliphatic carboxylic acids is 1. The maximum absolute atomic E-state index is 11.6. The number of carboxylic acid groups (broad SMARTS) is 1. The summed E-state index contributed by atoms with van der Waals surface area (Å²) in [4.78, 5) is 11.6. The standard InChI is InChI=1S/C19H30O2.Na.H/c1-3-5-6-7-8-9-10-15-18(19(20)21)17-14-12-11-13-16(17)4-2;;/h11-14,18H,3-10,15H2,1-2H3,(H,20,21);;. The molecule has 0 bridgehead atoms. The third-order valence-corrected chi connectivity index (χ3v) is 4.21. The van der Waals surface area contributed by atoms with Gasteiger partial charge in [-0.2, -0.15) is 0 Å². The van der Waals surface area contributed by atoms with Crippen LogP contribution in [-0.2, 0) is 11.2 Å². The van der Waals surface area contributed by atoms with Gasteiger partial charge in [0.2, 0.25) is 0 Å². The predicted octanol–water partition coefficient (Wildman–Crippen LogP) is 4.91. The van der Waals surface area contributed by atoms with E-state index in [0.29, 0.717) is 0 Å². The van der Waals surface area contributed by atoms with Crippen molar-refractivity contribution >= 4 is 35.5 Å². The summed E-state index contributed by atoms with van der Waals surface area (Å²) >= 11 is 0. The molecule has 1 unspecified atom stereocenters. The van der Waals surface area contributed by atoms with Crippen LogP contribution in [0.4, 0.5) is 0 Å². The number of rotatable bonds is 11. The zero-order valence-electron chi connectivity index (χ0n) is 13.6. The average molecular weight is 314 g/mol. The van der Waals surface area contributed by atoms with Crippen molar-refractivity contribution in [3.05, 3.63) is 35.4 Å². The van der Waals surface area contributed by atoms with Gasteiger partial charge in [-0.15, -0.1) is 0 Å². The quantitative estimate of drug-likeness (QED) is 0.465. The molecular formula is C19H31NaO2. The number of unbranched alkanes of at least 4 members (excludes halogenated alkanes) is 6. The first-order chi connectivity index (χ1) is 10.2. The van der Waals surface area contributed by atoms with Crippen LogP contribution in [0.15, 0.2) is 24.3 Å². The van der Waals surface area contributed by atoms with Crippen molar-refractivity contribution in [1.29, 1.82) is 0 Å². The molecule has 0 amide bonds. The molecule has 0 spiro atoms. The van der Waals surface area contributed by atoms with Crippen LogP contribution in [0.25, 0.3) is 0 Å². The number of benzene rings is 1. The van der Waals surface area contributed by atoms with Crippen LogP contribution in [0.3, 0.4) is 0 Å². The van der Waals surface area contributed by atoms with Gasteiger partial charge in [0.1, 0.15) is 0 Å². The number of hydrogen-bond acceptors (Lipinski definition) is 1. The molecule has 1 rings (SSSR count). The van der Waals surface area contributed by atoms with Gasteiger partial charge < -0.3 is 5.11 Å². The van der Waals surface area contributed by atoms with Crippen LogP contribution in [0.1, 0.15) is 82.3 Å². The molecule has 0 saturated heterocycles. The molecule has 0 aliphatic heterocycles. The zero-order chi connectivity index (χ0) is 15.5. The van der Waals surface area contributed by atoms with Crippen molar-refractivity contribution in [2.24, 2.45) is 0 Å². The van der Waals surface area contributed by atoms with E-state index < -0.39 is 5.97 Å². The molecule has 1 atom stereocenters. The minimum absolute atomic E-state index is 0. The van der Waals surface area contributed by atoms with Gasteiger partial charge in [0.25, 0.3) is 0 Å². The molecule has 1 N–H and O–H groups in total. The Kier molecular flexibility index (Phi) is 13.0. The molecular weight excluding hydrogens is 283 g/mol. The van der Waals surface area contributed by atoms with Crippen LogP contribution in [0.5, 0.6) is 0 Å². The molecule has 1 aromatic rings. The summed E-state index contributed by atoms with van der Waals surface area (Å²) < 4.78 is 0. The van der Waals surface area contributed by atoms with Gasteiger partial charge in [0, 0.05) is 0 Å². The molecule has 22 heavy (non-hydrogen) atoms. The first kappa shape index (κ1) is 21.7. The van der Waals surface area contributed by atoms with Crippen LogP contribution >= 0.6 is 0 Å². The topological polar surface area (TPSA) is 37.3 Å². The van der Waals surface area contributed by atoms with E-state index in [4.69, 9.17) is 0 Å². The normalized spacial score (nSPS) is 11.7. The molecule has 2 nitrogen and oxygen atoms in total. The van der Waals surface area contributed by atoms with E-state index in [1.54, 1.807) is 0 Å². The molecule has 0 aliphatic carbocycles. The molecule has 120 valence electrons. The zero-order valence-corrected chi connectivity index (χ0v) is 13.6. The average Bonchev–Trinajstić information content (AvgIpc) is 2.50. The molecule has 0 aliphatic rings. The Morgan fingerprint density at radius 1 is 1.00 bits per heavy atom. The number of carboxylic acids is 1. The van der Waals surface area contributed by atoms with Crippen molar-refractivity contribution in [1.82, 2.24) is 0 Å². The van der Waals surface area contributed by atoms with E-state index in [1.807, 2.05) is 18.2 Å². The second-order valence-corrected chi connectivity index (χ2v) is 5.85. The monoisotopic (exact) mass is 314 g/mol. The Labute approximate surface area is 158 Å². The van der Waals surface area contributed by atoms with Crippen LogP contribution in [0.2, 0.25) is 0 Å². The van der Waals surface area contributed by atoms with E-state index in [9.17, 15) is 9.90 Å². The maximum atomic E-state index is 11.6. The summed E-state index contributed by atoms with van der Waals surface area (Å²) in [5.41, 5.74) is 2.19. The Balaban J connectivity index is 0.00000441. The fourth-order valence-electron chi connectivity index (χ4n) is 2.91. The second kappa shape index (κ2) is 13.2. The summed E-state index contributed by atoms with van der Waals surface area (Å²) in [6.07, 6.45) is 10.3. The number of carbonyl (C=O) groups is 1. The Hall–Kier alpha value is -0.310. The third-order valence-electron chi connectivity index (χ3n) is 4.21. The SMILES string of the molecule is CCCCCCCCCC(C(=O)O)c1ccccc1CC.[NaH]. The summed E-state index contributed by atoms with van der Waals surface area (Å²) in [6.45, 7) is 4.31. The number of aryl methyl sites for hydroxylation is 1. The van der Waals surface area contributed by atoms with Crippen molar-refractivity contribution < 1.29 is 9.90 Å². The molecule has 0 aromatic heterocycles. The van der Waals surface area contributed by atoms with Crippen molar-refractivity contribution in [2.45, 2.75) is 77.6 Å². The van der Waals surface area contributed by atoms with E-state index in [2.05, 4.69) is 19.9 Å². The van der Waals surface area contributed by atoms with Gasteiger partial charge in [-0.25, -0.2) is 0 Å². The molecule has 0 fully saturated rings. The van der Waals surface area contributed by atoms with Gasteiger partial charge in [0.15, 0.2) is 0 Å². The summed E-state index contributed by atoms with van der Waals surface area (Å²) in [5.74, 6) is -1.02. The van der Waals surface area contributed by atoms with E-state index in [1.165, 1.54) is 37.7 Å². The minimum atomic E-state index is -0.679. The van der Waals surface area contributed by atoms with Crippen molar-refractivity contribution in [3.8, 4) is 0 Å². The van der Waals surface area contributed by atoms with Gasteiger partial charge in [-0.1, -0.05) is 83.1 Å². The predicted molar refractivity (Wildman–Crippen MR) is 96.0 cm³/mol. The van der Waals surface area contributed by atoms with Gasteiger partial charge in [-0.05, 0) is 24.0 Å². The van der Waals surface area contributed by atoms with Gasteiger partial charge in [-0.3, -0.25) is 4.79 Å². The van der Waals surface area contributed by atoms with Gasteiger partial charge in [0.05, 0.1) is 5.92 Å². The van der Waals surface area contributed by atoms with Crippen molar-refractivity contribution in [3.63, 3.8) is 0 Å². The fourth-order valence-corrected chi connectivity index (χ4v) is 2.91. The van der Waals surface area contributed by atoms with Gasteiger partial charge >= 0.3 is 35.5 Å². The Morgan fingerprint density at radius 2 is 1.59 bits per heavy atom. The van der Waals surface area contributed by atoms with Crippen LogP contribution in [-0.4, -0.2) is 40.6 Å².